The lowest BCUT2D eigenvalue weighted by Gasteiger charge is -2.31. The SMILES string of the molecule is O=C(CN1CCC(NC(=O)c2ccsc2)CC1)NCc1cccc(Cl)c1. The van der Waals surface area contributed by atoms with E-state index in [1.165, 1.54) is 11.3 Å². The number of rotatable bonds is 6. The molecular formula is C19H22ClN3O2S. The molecule has 7 heteroatoms. The average Bonchev–Trinajstić information content (AvgIpc) is 3.17. The molecule has 1 aromatic carbocycles. The summed E-state index contributed by atoms with van der Waals surface area (Å²) < 4.78 is 0. The van der Waals surface area contributed by atoms with E-state index >= 15 is 0 Å². The van der Waals surface area contributed by atoms with Crippen LogP contribution in [0.25, 0.3) is 0 Å². The van der Waals surface area contributed by atoms with Gasteiger partial charge in [0.2, 0.25) is 5.91 Å². The normalized spacial score (nSPS) is 15.6. The quantitative estimate of drug-likeness (QED) is 0.795. The van der Waals surface area contributed by atoms with Crippen molar-refractivity contribution in [3.8, 4) is 0 Å². The highest BCUT2D eigenvalue weighted by Gasteiger charge is 2.22. The molecule has 0 aliphatic carbocycles. The van der Waals surface area contributed by atoms with Gasteiger partial charge in [-0.3, -0.25) is 14.5 Å². The van der Waals surface area contributed by atoms with Gasteiger partial charge in [-0.05, 0) is 42.0 Å². The first kappa shape index (κ1) is 18.9. The summed E-state index contributed by atoms with van der Waals surface area (Å²) in [5.74, 6) is -0.00491. The summed E-state index contributed by atoms with van der Waals surface area (Å²) in [6.07, 6.45) is 1.72. The molecule has 0 unspecified atom stereocenters. The Bertz CT molecular complexity index is 743. The maximum Gasteiger partial charge on any atom is 0.252 e. The monoisotopic (exact) mass is 391 g/mol. The summed E-state index contributed by atoms with van der Waals surface area (Å²) >= 11 is 7.47. The Morgan fingerprint density at radius 1 is 1.23 bits per heavy atom. The molecule has 3 rings (SSSR count). The van der Waals surface area contributed by atoms with Crippen LogP contribution >= 0.6 is 22.9 Å². The second-order valence-corrected chi connectivity index (χ2v) is 7.66. The smallest absolute Gasteiger partial charge is 0.252 e. The summed E-state index contributed by atoms with van der Waals surface area (Å²) in [6.45, 7) is 2.47. The van der Waals surface area contributed by atoms with Crippen LogP contribution in [0.3, 0.4) is 0 Å². The van der Waals surface area contributed by atoms with Crippen LogP contribution in [0.4, 0.5) is 0 Å². The molecule has 2 aromatic rings. The van der Waals surface area contributed by atoms with Crippen molar-refractivity contribution >= 4 is 34.8 Å². The Kier molecular flexibility index (Phi) is 6.66. The topological polar surface area (TPSA) is 61.4 Å². The van der Waals surface area contributed by atoms with Crippen molar-refractivity contribution < 1.29 is 9.59 Å². The van der Waals surface area contributed by atoms with Gasteiger partial charge in [-0.15, -0.1) is 0 Å². The van der Waals surface area contributed by atoms with E-state index in [0.29, 0.717) is 18.1 Å². The molecule has 138 valence electrons. The van der Waals surface area contributed by atoms with Crippen molar-refractivity contribution in [3.63, 3.8) is 0 Å². The zero-order valence-corrected chi connectivity index (χ0v) is 16.0. The fourth-order valence-corrected chi connectivity index (χ4v) is 3.85. The number of piperidine rings is 1. The number of carbonyl (C=O) groups is 2. The van der Waals surface area contributed by atoms with Crippen LogP contribution < -0.4 is 10.6 Å². The fraction of sp³-hybridized carbons (Fsp3) is 0.368. The van der Waals surface area contributed by atoms with Crippen molar-refractivity contribution in [2.24, 2.45) is 0 Å². The zero-order valence-electron chi connectivity index (χ0n) is 14.4. The van der Waals surface area contributed by atoms with Gasteiger partial charge in [-0.25, -0.2) is 0 Å². The van der Waals surface area contributed by atoms with Crippen LogP contribution in [0.2, 0.25) is 5.02 Å². The van der Waals surface area contributed by atoms with Crippen LogP contribution in [0.15, 0.2) is 41.1 Å². The molecule has 0 atom stereocenters. The van der Waals surface area contributed by atoms with Crippen molar-refractivity contribution in [2.75, 3.05) is 19.6 Å². The molecule has 1 aliphatic heterocycles. The second kappa shape index (κ2) is 9.16. The van der Waals surface area contributed by atoms with Crippen LogP contribution in [0.5, 0.6) is 0 Å². The highest BCUT2D eigenvalue weighted by molar-refractivity contribution is 7.08. The lowest BCUT2D eigenvalue weighted by atomic mass is 10.0. The molecular weight excluding hydrogens is 370 g/mol. The van der Waals surface area contributed by atoms with Crippen molar-refractivity contribution in [2.45, 2.75) is 25.4 Å². The first-order valence-electron chi connectivity index (χ1n) is 8.67. The van der Waals surface area contributed by atoms with Crippen molar-refractivity contribution in [1.82, 2.24) is 15.5 Å². The molecule has 0 radical (unpaired) electrons. The lowest BCUT2D eigenvalue weighted by molar-refractivity contribution is -0.122. The van der Waals surface area contributed by atoms with E-state index < -0.39 is 0 Å². The Morgan fingerprint density at radius 3 is 2.73 bits per heavy atom. The standard InChI is InChI=1S/C19H22ClN3O2S/c20-16-3-1-2-14(10-16)11-21-18(24)12-23-7-4-17(5-8-23)22-19(25)15-6-9-26-13-15/h1-3,6,9-10,13,17H,4-5,7-8,11-12H2,(H,21,24)(H,22,25). The third-order valence-corrected chi connectivity index (χ3v) is 5.37. The number of hydrogen-bond donors (Lipinski definition) is 2. The number of thiophene rings is 1. The third kappa shape index (κ3) is 5.56. The first-order chi connectivity index (χ1) is 12.6. The highest BCUT2D eigenvalue weighted by atomic mass is 35.5. The number of nitrogens with one attached hydrogen (secondary N) is 2. The number of amides is 2. The van der Waals surface area contributed by atoms with E-state index in [-0.39, 0.29) is 17.9 Å². The number of halogens is 1. The molecule has 26 heavy (non-hydrogen) atoms. The lowest BCUT2D eigenvalue weighted by Crippen LogP contribution is -2.47. The average molecular weight is 392 g/mol. The van der Waals surface area contributed by atoms with Crippen LogP contribution in [-0.2, 0) is 11.3 Å². The Morgan fingerprint density at radius 2 is 2.04 bits per heavy atom. The fourth-order valence-electron chi connectivity index (χ4n) is 3.00. The van der Waals surface area contributed by atoms with Gasteiger partial charge >= 0.3 is 0 Å². The number of hydrogen-bond acceptors (Lipinski definition) is 4. The molecule has 1 aliphatic rings. The van der Waals surface area contributed by atoms with E-state index in [9.17, 15) is 9.59 Å². The van der Waals surface area contributed by atoms with E-state index in [0.717, 1.165) is 37.1 Å². The minimum absolute atomic E-state index is 0.00531. The molecule has 1 saturated heterocycles. The molecule has 2 N–H and O–H groups in total. The number of likely N-dealkylation sites (tertiary alicyclic amines) is 1. The minimum Gasteiger partial charge on any atom is -0.351 e. The summed E-state index contributed by atoms with van der Waals surface area (Å²) in [7, 11) is 0. The molecule has 0 spiro atoms. The van der Waals surface area contributed by atoms with Crippen molar-refractivity contribution in [3.05, 3.63) is 57.2 Å². The van der Waals surface area contributed by atoms with E-state index in [4.69, 9.17) is 11.6 Å². The predicted molar refractivity (Wildman–Crippen MR) is 105 cm³/mol. The minimum atomic E-state index is -0.0102. The molecule has 0 saturated carbocycles. The number of benzene rings is 1. The van der Waals surface area contributed by atoms with Gasteiger partial charge < -0.3 is 10.6 Å². The van der Waals surface area contributed by atoms with Gasteiger partial charge in [0.05, 0.1) is 6.54 Å². The Labute approximate surface area is 162 Å². The summed E-state index contributed by atoms with van der Waals surface area (Å²) in [6, 6.07) is 9.48. The third-order valence-electron chi connectivity index (χ3n) is 4.45. The van der Waals surface area contributed by atoms with Crippen LogP contribution in [0, 0.1) is 0 Å². The highest BCUT2D eigenvalue weighted by Crippen LogP contribution is 2.13. The largest absolute Gasteiger partial charge is 0.351 e. The summed E-state index contributed by atoms with van der Waals surface area (Å²) in [5, 5.41) is 10.4. The van der Waals surface area contributed by atoms with Gasteiger partial charge in [0.1, 0.15) is 0 Å². The van der Waals surface area contributed by atoms with Gasteiger partial charge in [-0.1, -0.05) is 23.7 Å². The second-order valence-electron chi connectivity index (χ2n) is 6.44. The van der Waals surface area contributed by atoms with Gasteiger partial charge in [0, 0.05) is 41.6 Å². The molecule has 2 heterocycles. The predicted octanol–water partition coefficient (Wildman–Crippen LogP) is 2.91. The van der Waals surface area contributed by atoms with Crippen molar-refractivity contribution in [1.29, 1.82) is 0 Å². The maximum atomic E-state index is 12.1. The number of nitrogens with zero attached hydrogens (tertiary/aromatic N) is 1. The summed E-state index contributed by atoms with van der Waals surface area (Å²) in [5.41, 5.74) is 1.71. The van der Waals surface area contributed by atoms with E-state index in [2.05, 4.69) is 15.5 Å². The van der Waals surface area contributed by atoms with Crippen LogP contribution in [0.1, 0.15) is 28.8 Å². The Hall–Kier alpha value is -1.89. The Balaban J connectivity index is 1.37. The number of carbonyl (C=O) groups excluding carboxylic acids is 2. The van der Waals surface area contributed by atoms with E-state index in [1.807, 2.05) is 41.1 Å². The summed E-state index contributed by atoms with van der Waals surface area (Å²) in [4.78, 5) is 26.3. The first-order valence-corrected chi connectivity index (χ1v) is 9.99. The van der Waals surface area contributed by atoms with Gasteiger partial charge in [0.25, 0.3) is 5.91 Å². The van der Waals surface area contributed by atoms with E-state index in [1.54, 1.807) is 0 Å². The molecule has 2 amide bonds. The molecule has 1 fully saturated rings. The maximum absolute atomic E-state index is 12.1. The molecule has 0 bridgehead atoms. The van der Waals surface area contributed by atoms with Gasteiger partial charge in [-0.2, -0.15) is 11.3 Å². The van der Waals surface area contributed by atoms with Gasteiger partial charge in [0.15, 0.2) is 0 Å². The molecule has 5 nitrogen and oxygen atoms in total. The van der Waals surface area contributed by atoms with Crippen LogP contribution in [-0.4, -0.2) is 42.4 Å². The molecule has 1 aromatic heterocycles. The zero-order chi connectivity index (χ0) is 18.4.